The van der Waals surface area contributed by atoms with Gasteiger partial charge < -0.3 is 10.3 Å². The van der Waals surface area contributed by atoms with Crippen LogP contribution in [0.4, 0.5) is 5.82 Å². The SMILES string of the molecule is Brc1cnn2c(NCc3cccc[nH]ccc3)cc(C3CCCCC3)nc12. The van der Waals surface area contributed by atoms with Crippen LogP contribution in [0.3, 0.4) is 0 Å². The lowest BCUT2D eigenvalue weighted by Gasteiger charge is -2.22. The van der Waals surface area contributed by atoms with Gasteiger partial charge in [0.15, 0.2) is 5.65 Å². The third-order valence-electron chi connectivity index (χ3n) is 5.06. The van der Waals surface area contributed by atoms with Crippen molar-refractivity contribution in [2.24, 2.45) is 0 Å². The second-order valence-electron chi connectivity index (χ2n) is 6.97. The molecule has 0 amide bonds. The zero-order chi connectivity index (χ0) is 18.5. The Labute approximate surface area is 167 Å². The highest BCUT2D eigenvalue weighted by molar-refractivity contribution is 9.10. The summed E-state index contributed by atoms with van der Waals surface area (Å²) in [4.78, 5) is 8.00. The van der Waals surface area contributed by atoms with Gasteiger partial charge in [-0.2, -0.15) is 9.61 Å². The fourth-order valence-electron chi connectivity index (χ4n) is 3.63. The van der Waals surface area contributed by atoms with E-state index < -0.39 is 0 Å². The average molecular weight is 426 g/mol. The molecule has 3 aromatic heterocycles. The molecule has 0 atom stereocenters. The summed E-state index contributed by atoms with van der Waals surface area (Å²) in [6.45, 7) is 0.718. The van der Waals surface area contributed by atoms with Gasteiger partial charge in [0.25, 0.3) is 0 Å². The molecular formula is C21H24BrN5. The van der Waals surface area contributed by atoms with Gasteiger partial charge in [-0.1, -0.05) is 37.5 Å². The molecule has 0 spiro atoms. The van der Waals surface area contributed by atoms with Crippen molar-refractivity contribution in [2.45, 2.75) is 44.6 Å². The largest absolute Gasteiger partial charge is 0.368 e. The summed E-state index contributed by atoms with van der Waals surface area (Å²) in [6, 6.07) is 12.4. The summed E-state index contributed by atoms with van der Waals surface area (Å²) in [6.07, 6.45) is 12.0. The molecule has 3 heterocycles. The molecule has 0 bridgehead atoms. The number of aromatic nitrogens is 4. The van der Waals surface area contributed by atoms with E-state index in [9.17, 15) is 0 Å². The zero-order valence-corrected chi connectivity index (χ0v) is 16.8. The molecular weight excluding hydrogens is 402 g/mol. The van der Waals surface area contributed by atoms with Gasteiger partial charge in [-0.3, -0.25) is 0 Å². The maximum atomic E-state index is 4.91. The van der Waals surface area contributed by atoms with E-state index in [1.807, 2.05) is 41.3 Å². The summed E-state index contributed by atoms with van der Waals surface area (Å²) in [7, 11) is 0. The van der Waals surface area contributed by atoms with Crippen molar-refractivity contribution in [1.82, 2.24) is 19.6 Å². The minimum absolute atomic E-state index is 0.550. The first-order valence-electron chi connectivity index (χ1n) is 9.54. The van der Waals surface area contributed by atoms with Crippen molar-refractivity contribution >= 4 is 27.4 Å². The van der Waals surface area contributed by atoms with E-state index >= 15 is 0 Å². The first-order chi connectivity index (χ1) is 13.3. The first kappa shape index (κ1) is 18.0. The number of aromatic amines is 1. The monoisotopic (exact) mass is 425 g/mol. The third-order valence-corrected chi connectivity index (χ3v) is 5.62. The van der Waals surface area contributed by atoms with Crippen molar-refractivity contribution in [3.63, 3.8) is 0 Å². The third kappa shape index (κ3) is 4.33. The summed E-state index contributed by atoms with van der Waals surface area (Å²) in [5, 5.41) is 8.05. The Morgan fingerprint density at radius 2 is 1.93 bits per heavy atom. The van der Waals surface area contributed by atoms with Crippen LogP contribution in [0, 0.1) is 0 Å². The van der Waals surface area contributed by atoms with Gasteiger partial charge in [0, 0.05) is 36.6 Å². The van der Waals surface area contributed by atoms with Gasteiger partial charge in [0.1, 0.15) is 5.82 Å². The summed E-state index contributed by atoms with van der Waals surface area (Å²) in [5.74, 6) is 1.53. The second kappa shape index (κ2) is 8.57. The van der Waals surface area contributed by atoms with Crippen molar-refractivity contribution in [3.05, 3.63) is 70.7 Å². The Morgan fingerprint density at radius 3 is 2.81 bits per heavy atom. The van der Waals surface area contributed by atoms with Crippen molar-refractivity contribution in [3.8, 4) is 0 Å². The fourth-order valence-corrected chi connectivity index (χ4v) is 3.98. The number of halogens is 1. The van der Waals surface area contributed by atoms with Gasteiger partial charge in [0.2, 0.25) is 0 Å². The first-order valence-corrected chi connectivity index (χ1v) is 10.3. The normalized spacial score (nSPS) is 14.9. The molecule has 5 nitrogen and oxygen atoms in total. The van der Waals surface area contributed by atoms with Crippen LogP contribution in [0.15, 0.2) is 59.5 Å². The molecule has 1 aliphatic rings. The number of hydrogen-bond acceptors (Lipinski definition) is 3. The zero-order valence-electron chi connectivity index (χ0n) is 15.2. The van der Waals surface area contributed by atoms with Crippen molar-refractivity contribution in [1.29, 1.82) is 0 Å². The highest BCUT2D eigenvalue weighted by Crippen LogP contribution is 2.33. The summed E-state index contributed by atoms with van der Waals surface area (Å²) in [5.41, 5.74) is 3.25. The average Bonchev–Trinajstić information content (AvgIpc) is 3.14. The van der Waals surface area contributed by atoms with Gasteiger partial charge in [-0.25, -0.2) is 4.98 Å². The van der Waals surface area contributed by atoms with Gasteiger partial charge in [0.05, 0.1) is 10.7 Å². The highest BCUT2D eigenvalue weighted by Gasteiger charge is 2.19. The van der Waals surface area contributed by atoms with E-state index in [2.05, 4.69) is 49.5 Å². The minimum atomic E-state index is 0.550. The number of rotatable bonds is 4. The van der Waals surface area contributed by atoms with E-state index in [4.69, 9.17) is 4.98 Å². The molecule has 0 aromatic carbocycles. The van der Waals surface area contributed by atoms with Crippen molar-refractivity contribution in [2.75, 3.05) is 5.32 Å². The van der Waals surface area contributed by atoms with Crippen molar-refractivity contribution < 1.29 is 0 Å². The molecule has 140 valence electrons. The van der Waals surface area contributed by atoms with Gasteiger partial charge in [-0.15, -0.1) is 0 Å². The molecule has 1 fully saturated rings. The van der Waals surface area contributed by atoms with Crippen LogP contribution in [-0.4, -0.2) is 19.6 Å². The molecule has 0 radical (unpaired) electrons. The Bertz CT molecular complexity index is 930. The lowest BCUT2D eigenvalue weighted by Crippen LogP contribution is -2.11. The summed E-state index contributed by atoms with van der Waals surface area (Å²) < 4.78 is 2.82. The molecule has 0 unspecified atom stereocenters. The Hall–Kier alpha value is -2.34. The van der Waals surface area contributed by atoms with Crippen LogP contribution < -0.4 is 5.32 Å². The van der Waals surface area contributed by atoms with E-state index in [0.29, 0.717) is 5.92 Å². The molecule has 27 heavy (non-hydrogen) atoms. The molecule has 6 heteroatoms. The molecule has 4 rings (SSSR count). The lowest BCUT2D eigenvalue weighted by atomic mass is 9.87. The smallest absolute Gasteiger partial charge is 0.171 e. The van der Waals surface area contributed by atoms with E-state index in [0.717, 1.165) is 22.5 Å². The van der Waals surface area contributed by atoms with Crippen LogP contribution in [0.25, 0.3) is 5.65 Å². The van der Waals surface area contributed by atoms with E-state index in [1.54, 1.807) is 0 Å². The second-order valence-corrected chi connectivity index (χ2v) is 7.82. The lowest BCUT2D eigenvalue weighted by molar-refractivity contribution is 0.437. The Morgan fingerprint density at radius 1 is 1.11 bits per heavy atom. The molecule has 0 saturated heterocycles. The number of H-pyrrole nitrogens is 1. The minimum Gasteiger partial charge on any atom is -0.368 e. The fraction of sp³-hybridized carbons (Fsp3) is 0.333. The number of nitrogens with one attached hydrogen (secondary N) is 2. The Kier molecular flexibility index (Phi) is 5.72. The quantitative estimate of drug-likeness (QED) is 0.571. The van der Waals surface area contributed by atoms with Gasteiger partial charge in [-0.05, 0) is 46.5 Å². The number of fused-ring (bicyclic) bond motifs is 1. The van der Waals surface area contributed by atoms with Crippen LogP contribution in [0.5, 0.6) is 0 Å². The highest BCUT2D eigenvalue weighted by atomic mass is 79.9. The molecule has 0 aliphatic heterocycles. The maximum absolute atomic E-state index is 4.91. The van der Waals surface area contributed by atoms with Crippen LogP contribution >= 0.6 is 15.9 Å². The molecule has 2 N–H and O–H groups in total. The van der Waals surface area contributed by atoms with E-state index in [-0.39, 0.29) is 0 Å². The molecule has 1 saturated carbocycles. The van der Waals surface area contributed by atoms with E-state index in [1.165, 1.54) is 43.4 Å². The summed E-state index contributed by atoms with van der Waals surface area (Å²) >= 11 is 3.59. The van der Waals surface area contributed by atoms with Crippen LogP contribution in [0.2, 0.25) is 0 Å². The maximum Gasteiger partial charge on any atom is 0.171 e. The number of hydrogen-bond donors (Lipinski definition) is 2. The van der Waals surface area contributed by atoms with Crippen LogP contribution in [-0.2, 0) is 6.54 Å². The standard InChI is InChI=1S/C21H24BrN5/c22-18-15-25-27-20(24-14-16-7-4-5-11-23-12-6-8-16)13-19(26-21(18)27)17-9-2-1-3-10-17/h4-8,11-13,15,17,23-24H,1-3,9-10,14H2. The number of anilines is 1. The Balaban J connectivity index is 1.65. The topological polar surface area (TPSA) is 58.0 Å². The molecule has 3 aromatic rings. The van der Waals surface area contributed by atoms with Crippen LogP contribution in [0.1, 0.15) is 49.3 Å². The van der Waals surface area contributed by atoms with Gasteiger partial charge >= 0.3 is 0 Å². The predicted molar refractivity (Wildman–Crippen MR) is 112 cm³/mol. The molecule has 1 aliphatic carbocycles. The predicted octanol–water partition coefficient (Wildman–Crippen LogP) is 5.60. The number of nitrogens with zero attached hydrogens (tertiary/aromatic N) is 3.